The number of ether oxygens (including phenoxy) is 1. The highest BCUT2D eigenvalue weighted by Gasteiger charge is 2.53. The van der Waals surface area contributed by atoms with Gasteiger partial charge in [-0.2, -0.15) is 0 Å². The zero-order valence-corrected chi connectivity index (χ0v) is 28.3. The summed E-state index contributed by atoms with van der Waals surface area (Å²) in [7, 11) is 0. The van der Waals surface area contributed by atoms with Crippen LogP contribution in [0.3, 0.4) is 0 Å². The lowest BCUT2D eigenvalue weighted by molar-refractivity contribution is 0.478. The van der Waals surface area contributed by atoms with Gasteiger partial charge in [0.1, 0.15) is 0 Å². The fourth-order valence-electron chi connectivity index (χ4n) is 8.99. The summed E-state index contributed by atoms with van der Waals surface area (Å²) in [5.74, 6) is 1.72. The van der Waals surface area contributed by atoms with Crippen LogP contribution in [-0.2, 0) is 5.41 Å². The van der Waals surface area contributed by atoms with Crippen molar-refractivity contribution < 1.29 is 4.74 Å². The molecule has 3 nitrogen and oxygen atoms in total. The number of para-hydroxylation sites is 5. The van der Waals surface area contributed by atoms with Gasteiger partial charge in [-0.05, 0) is 93.5 Å². The molecule has 0 N–H and O–H groups in total. The van der Waals surface area contributed by atoms with Gasteiger partial charge in [-0.15, -0.1) is 0 Å². The lowest BCUT2D eigenvalue weighted by Crippen LogP contribution is -2.36. The number of hydrogen-bond acceptors (Lipinski definition) is 3. The van der Waals surface area contributed by atoms with Gasteiger partial charge < -0.3 is 14.5 Å². The third kappa shape index (κ3) is 3.91. The molecular weight excluding hydrogens is 633 g/mol. The van der Waals surface area contributed by atoms with Crippen molar-refractivity contribution in [2.75, 3.05) is 9.80 Å². The van der Waals surface area contributed by atoms with Gasteiger partial charge in [0.15, 0.2) is 11.5 Å². The number of benzene rings is 8. The Morgan fingerprint density at radius 1 is 0.365 bits per heavy atom. The van der Waals surface area contributed by atoms with E-state index in [1.165, 1.54) is 50.3 Å². The van der Waals surface area contributed by atoms with Gasteiger partial charge in [0.05, 0.1) is 28.2 Å². The number of fused-ring (bicyclic) bond motifs is 12. The van der Waals surface area contributed by atoms with E-state index < -0.39 is 5.41 Å². The Hall–Kier alpha value is -6.84. The van der Waals surface area contributed by atoms with Crippen LogP contribution >= 0.6 is 0 Å². The van der Waals surface area contributed by atoms with Crippen LogP contribution in [0.4, 0.5) is 34.1 Å². The summed E-state index contributed by atoms with van der Waals surface area (Å²) >= 11 is 0. The highest BCUT2D eigenvalue weighted by atomic mass is 16.5. The molecule has 244 valence electrons. The van der Waals surface area contributed by atoms with Crippen LogP contribution in [0.25, 0.3) is 22.3 Å². The smallest absolute Gasteiger partial charge is 0.159 e. The van der Waals surface area contributed by atoms with Crippen LogP contribution in [0.1, 0.15) is 22.3 Å². The molecule has 2 aliphatic heterocycles. The molecule has 3 heteroatoms. The van der Waals surface area contributed by atoms with E-state index in [9.17, 15) is 0 Å². The Morgan fingerprint density at radius 2 is 0.923 bits per heavy atom. The third-order valence-electron chi connectivity index (χ3n) is 11.0. The van der Waals surface area contributed by atoms with Gasteiger partial charge in [0.2, 0.25) is 0 Å². The van der Waals surface area contributed by atoms with Crippen molar-refractivity contribution in [3.63, 3.8) is 0 Å². The fourth-order valence-corrected chi connectivity index (χ4v) is 8.99. The zero-order chi connectivity index (χ0) is 34.2. The summed E-state index contributed by atoms with van der Waals surface area (Å²) < 4.78 is 7.09. The molecular formula is C49H32N2O. The largest absolute Gasteiger partial charge is 0.452 e. The van der Waals surface area contributed by atoms with E-state index in [2.05, 4.69) is 204 Å². The standard InChI is InChI=1S/C49H32N2O/c1-3-16-33(17-4-1)34-18-15-21-36(32-34)51-44-28-13-14-29-46(44)52-48-45(51)31-30-41-47(48)37-22-7-8-23-38(37)49(41)39-24-9-11-26-42(39)50(35-19-5-2-6-20-35)43-27-12-10-25-40(43)49/h1-32H. The molecule has 8 aromatic carbocycles. The van der Waals surface area contributed by atoms with E-state index in [0.29, 0.717) is 0 Å². The molecule has 8 aromatic rings. The van der Waals surface area contributed by atoms with Crippen LogP contribution in [0.5, 0.6) is 11.5 Å². The summed E-state index contributed by atoms with van der Waals surface area (Å²) in [4.78, 5) is 4.79. The molecule has 0 radical (unpaired) electrons. The number of hydrogen-bond donors (Lipinski definition) is 0. The monoisotopic (exact) mass is 664 g/mol. The van der Waals surface area contributed by atoms with E-state index in [0.717, 1.165) is 39.8 Å². The molecule has 1 spiro atoms. The first-order chi connectivity index (χ1) is 25.8. The SMILES string of the molecule is c1ccc(-c2cccc(N3c4ccccc4Oc4c3ccc3c4-c4ccccc4C34c3ccccc3N(c3ccccc3)c3ccccc34)c2)cc1. The predicted octanol–water partition coefficient (Wildman–Crippen LogP) is 13.1. The van der Waals surface area contributed by atoms with Crippen LogP contribution in [0.2, 0.25) is 0 Å². The van der Waals surface area contributed by atoms with Gasteiger partial charge in [-0.25, -0.2) is 0 Å². The first kappa shape index (κ1) is 28.9. The van der Waals surface area contributed by atoms with Gasteiger partial charge >= 0.3 is 0 Å². The first-order valence-electron chi connectivity index (χ1n) is 17.9. The highest BCUT2D eigenvalue weighted by molar-refractivity contribution is 6.01. The maximum atomic E-state index is 7.09. The second-order valence-corrected chi connectivity index (χ2v) is 13.7. The highest BCUT2D eigenvalue weighted by Crippen LogP contribution is 2.67. The Bertz CT molecular complexity index is 2630. The van der Waals surface area contributed by atoms with Crippen LogP contribution < -0.4 is 14.5 Å². The molecule has 0 atom stereocenters. The Labute approximate surface area is 303 Å². The molecule has 0 bridgehead atoms. The topological polar surface area (TPSA) is 15.7 Å². The average Bonchev–Trinajstić information content (AvgIpc) is 3.52. The Kier molecular flexibility index (Phi) is 6.17. The first-order valence-corrected chi connectivity index (χ1v) is 17.9. The van der Waals surface area contributed by atoms with E-state index >= 15 is 0 Å². The Morgan fingerprint density at radius 3 is 1.67 bits per heavy atom. The van der Waals surface area contributed by atoms with Crippen molar-refractivity contribution in [3.8, 4) is 33.8 Å². The van der Waals surface area contributed by atoms with Crippen molar-refractivity contribution in [1.82, 2.24) is 0 Å². The van der Waals surface area contributed by atoms with Crippen molar-refractivity contribution in [1.29, 1.82) is 0 Å². The maximum Gasteiger partial charge on any atom is 0.159 e. The van der Waals surface area contributed by atoms with Gasteiger partial charge in [-0.1, -0.05) is 140 Å². The normalized spacial score (nSPS) is 14.0. The number of nitrogens with zero attached hydrogens (tertiary/aromatic N) is 2. The van der Waals surface area contributed by atoms with Gasteiger partial charge in [0, 0.05) is 16.9 Å². The molecule has 0 saturated carbocycles. The van der Waals surface area contributed by atoms with Crippen LogP contribution in [0, 0.1) is 0 Å². The predicted molar refractivity (Wildman–Crippen MR) is 212 cm³/mol. The molecule has 11 rings (SSSR count). The molecule has 0 unspecified atom stereocenters. The van der Waals surface area contributed by atoms with Crippen LogP contribution in [-0.4, -0.2) is 0 Å². The number of anilines is 6. The minimum atomic E-state index is -0.558. The van der Waals surface area contributed by atoms with E-state index in [1.54, 1.807) is 0 Å². The minimum absolute atomic E-state index is 0.558. The van der Waals surface area contributed by atoms with E-state index in [1.807, 2.05) is 0 Å². The molecule has 52 heavy (non-hydrogen) atoms. The molecule has 0 fully saturated rings. The van der Waals surface area contributed by atoms with Gasteiger partial charge in [-0.3, -0.25) is 0 Å². The van der Waals surface area contributed by atoms with Gasteiger partial charge in [0.25, 0.3) is 0 Å². The maximum absolute atomic E-state index is 7.09. The minimum Gasteiger partial charge on any atom is -0.452 e. The molecule has 0 saturated heterocycles. The lowest BCUT2D eigenvalue weighted by Gasteiger charge is -2.45. The molecule has 0 aromatic heterocycles. The third-order valence-corrected chi connectivity index (χ3v) is 11.0. The number of rotatable bonds is 3. The molecule has 3 aliphatic rings. The fraction of sp³-hybridized carbons (Fsp3) is 0.0204. The molecule has 2 heterocycles. The van der Waals surface area contributed by atoms with Crippen molar-refractivity contribution >= 4 is 34.1 Å². The molecule has 1 aliphatic carbocycles. The summed E-state index contributed by atoms with van der Waals surface area (Å²) in [6.07, 6.45) is 0. The second-order valence-electron chi connectivity index (χ2n) is 13.7. The van der Waals surface area contributed by atoms with Crippen LogP contribution in [0.15, 0.2) is 194 Å². The van der Waals surface area contributed by atoms with E-state index in [4.69, 9.17) is 4.74 Å². The van der Waals surface area contributed by atoms with Crippen molar-refractivity contribution in [2.45, 2.75) is 5.41 Å². The summed E-state index contributed by atoms with van der Waals surface area (Å²) in [6, 6.07) is 70.0. The van der Waals surface area contributed by atoms with Crippen molar-refractivity contribution in [3.05, 3.63) is 216 Å². The average molecular weight is 665 g/mol. The summed E-state index contributed by atoms with van der Waals surface area (Å²) in [6.45, 7) is 0. The molecule has 0 amide bonds. The second kappa shape index (κ2) is 11.1. The van der Waals surface area contributed by atoms with Crippen molar-refractivity contribution in [2.24, 2.45) is 0 Å². The zero-order valence-electron chi connectivity index (χ0n) is 28.3. The summed E-state index contributed by atoms with van der Waals surface area (Å²) in [5.41, 5.74) is 15.8. The lowest BCUT2D eigenvalue weighted by atomic mass is 9.64. The summed E-state index contributed by atoms with van der Waals surface area (Å²) in [5, 5.41) is 0. The Balaban J connectivity index is 1.20. The van der Waals surface area contributed by atoms with E-state index in [-0.39, 0.29) is 0 Å². The quantitative estimate of drug-likeness (QED) is 0.187.